The van der Waals surface area contributed by atoms with Gasteiger partial charge in [-0.05, 0) is 48.5 Å². The summed E-state index contributed by atoms with van der Waals surface area (Å²) in [4.78, 5) is 16.4. The number of furan rings is 1. The highest BCUT2D eigenvalue weighted by Gasteiger charge is 2.17. The zero-order valence-corrected chi connectivity index (χ0v) is 15.7. The highest BCUT2D eigenvalue weighted by molar-refractivity contribution is 6.02. The molecule has 1 aromatic heterocycles. The van der Waals surface area contributed by atoms with Gasteiger partial charge in [-0.1, -0.05) is 12.1 Å². The zero-order chi connectivity index (χ0) is 19.5. The van der Waals surface area contributed by atoms with Gasteiger partial charge in [0.15, 0.2) is 5.76 Å². The van der Waals surface area contributed by atoms with Crippen molar-refractivity contribution in [1.29, 1.82) is 0 Å². The maximum atomic E-state index is 13.9. The second-order valence-electron chi connectivity index (χ2n) is 7.09. The largest absolute Gasteiger partial charge is 0.451 e. The number of benzene rings is 2. The van der Waals surface area contributed by atoms with Crippen LogP contribution in [0.1, 0.15) is 10.6 Å². The molecule has 0 radical (unpaired) electrons. The van der Waals surface area contributed by atoms with Crippen molar-refractivity contribution in [2.24, 2.45) is 0 Å². The van der Waals surface area contributed by atoms with Crippen molar-refractivity contribution in [3.63, 3.8) is 0 Å². The quantitative estimate of drug-likeness (QED) is 0.732. The topological polar surface area (TPSA) is 49.9 Å². The van der Waals surface area contributed by atoms with Crippen molar-refractivity contribution in [3.05, 3.63) is 72.2 Å². The molecule has 0 bridgehead atoms. The highest BCUT2D eigenvalue weighted by Crippen LogP contribution is 2.25. The number of carbonyl (C=O) groups excluding carboxylic acids is 1. The van der Waals surface area contributed by atoms with Gasteiger partial charge in [0.05, 0.1) is 38.8 Å². The van der Waals surface area contributed by atoms with Crippen LogP contribution in [-0.4, -0.2) is 39.1 Å². The molecule has 2 aromatic carbocycles. The lowest BCUT2D eigenvalue weighted by Crippen LogP contribution is -3.12. The van der Waals surface area contributed by atoms with Gasteiger partial charge < -0.3 is 19.5 Å². The molecule has 0 atom stereocenters. The molecule has 1 aliphatic rings. The number of likely N-dealkylation sites (N-methyl/N-ethyl adjacent to an activating group) is 1. The first-order valence-electron chi connectivity index (χ1n) is 9.42. The van der Waals surface area contributed by atoms with Crippen molar-refractivity contribution in [2.45, 2.75) is 0 Å². The molecule has 4 rings (SSSR count). The lowest BCUT2D eigenvalue weighted by atomic mass is 10.1. The van der Waals surface area contributed by atoms with Gasteiger partial charge in [-0.3, -0.25) is 4.79 Å². The summed E-state index contributed by atoms with van der Waals surface area (Å²) in [5.74, 6) is -0.274. The summed E-state index contributed by atoms with van der Waals surface area (Å²) in [5, 5.41) is 2.83. The van der Waals surface area contributed by atoms with Gasteiger partial charge in [0.25, 0.3) is 5.91 Å². The molecule has 0 aliphatic carbocycles. The third-order valence-corrected chi connectivity index (χ3v) is 5.08. The van der Waals surface area contributed by atoms with E-state index in [4.69, 9.17) is 4.42 Å². The summed E-state index contributed by atoms with van der Waals surface area (Å²) in [6, 6.07) is 17.3. The van der Waals surface area contributed by atoms with Crippen LogP contribution >= 0.6 is 0 Å². The second kappa shape index (κ2) is 7.86. The summed E-state index contributed by atoms with van der Waals surface area (Å²) < 4.78 is 19.4. The predicted molar refractivity (Wildman–Crippen MR) is 107 cm³/mol. The lowest BCUT2D eigenvalue weighted by molar-refractivity contribution is -0.880. The molecule has 5 nitrogen and oxygen atoms in total. The Bertz CT molecular complexity index is 960. The van der Waals surface area contributed by atoms with E-state index in [0.29, 0.717) is 17.0 Å². The van der Waals surface area contributed by atoms with E-state index in [1.54, 1.807) is 35.2 Å². The van der Waals surface area contributed by atoms with Crippen LogP contribution < -0.4 is 15.1 Å². The van der Waals surface area contributed by atoms with Gasteiger partial charge in [0.1, 0.15) is 11.6 Å². The van der Waals surface area contributed by atoms with E-state index in [2.05, 4.69) is 17.3 Å². The number of quaternary nitrogens is 1. The van der Waals surface area contributed by atoms with E-state index >= 15 is 0 Å². The molecule has 1 amide bonds. The van der Waals surface area contributed by atoms with Crippen LogP contribution in [0.5, 0.6) is 0 Å². The number of anilines is 2. The number of nitrogens with one attached hydrogen (secondary N) is 2. The maximum Gasteiger partial charge on any atom is 0.291 e. The fourth-order valence-corrected chi connectivity index (χ4v) is 3.36. The summed E-state index contributed by atoms with van der Waals surface area (Å²) in [7, 11) is 2.21. The molecule has 6 heteroatoms. The summed E-state index contributed by atoms with van der Waals surface area (Å²) in [5.41, 5.74) is 2.18. The first-order valence-corrected chi connectivity index (χ1v) is 9.42. The maximum absolute atomic E-state index is 13.9. The number of halogens is 1. The Morgan fingerprint density at radius 1 is 1.04 bits per heavy atom. The van der Waals surface area contributed by atoms with Crippen LogP contribution in [0.15, 0.2) is 65.1 Å². The minimum absolute atomic E-state index is 0.143. The average molecular weight is 380 g/mol. The molecule has 0 unspecified atom stereocenters. The minimum atomic E-state index is -0.384. The van der Waals surface area contributed by atoms with Crippen LogP contribution in [0.2, 0.25) is 0 Å². The predicted octanol–water partition coefficient (Wildman–Crippen LogP) is 2.67. The summed E-state index contributed by atoms with van der Waals surface area (Å²) in [6.45, 7) is 4.31. The molecule has 3 aromatic rings. The van der Waals surface area contributed by atoms with Gasteiger partial charge in [-0.2, -0.15) is 0 Å². The van der Waals surface area contributed by atoms with E-state index in [0.717, 1.165) is 31.9 Å². The molecule has 0 saturated carbocycles. The molecule has 1 saturated heterocycles. The number of carbonyl (C=O) groups is 1. The van der Waals surface area contributed by atoms with E-state index in [9.17, 15) is 9.18 Å². The minimum Gasteiger partial charge on any atom is -0.451 e. The van der Waals surface area contributed by atoms with Crippen molar-refractivity contribution in [2.75, 3.05) is 43.4 Å². The average Bonchev–Trinajstić information content (AvgIpc) is 3.20. The van der Waals surface area contributed by atoms with Crippen LogP contribution in [0, 0.1) is 5.82 Å². The van der Waals surface area contributed by atoms with Crippen LogP contribution in [0.3, 0.4) is 0 Å². The molecular formula is C22H23FN3O2+. The molecule has 28 heavy (non-hydrogen) atoms. The molecule has 144 valence electrons. The Hall–Kier alpha value is -3.12. The standard InChI is InChI=1S/C22H22FN3O2/c1-25-12-14-26(15-13-25)17-8-6-16(7-9-17)24-22(27)21-11-10-20(28-21)18-4-2-3-5-19(18)23/h2-11H,12-15H2,1H3,(H,24,27)/p+1. The first-order chi connectivity index (χ1) is 13.6. The Morgan fingerprint density at radius 3 is 2.46 bits per heavy atom. The SMILES string of the molecule is C[NH+]1CCN(c2ccc(NC(=O)c3ccc(-c4ccccc4F)o3)cc2)CC1. The van der Waals surface area contributed by atoms with Crippen LogP contribution in [-0.2, 0) is 0 Å². The van der Waals surface area contributed by atoms with Gasteiger partial charge >= 0.3 is 0 Å². The highest BCUT2D eigenvalue weighted by atomic mass is 19.1. The van der Waals surface area contributed by atoms with Crippen molar-refractivity contribution in [3.8, 4) is 11.3 Å². The lowest BCUT2D eigenvalue weighted by Gasteiger charge is -2.31. The molecule has 2 heterocycles. The number of hydrogen-bond donors (Lipinski definition) is 2. The molecule has 1 fully saturated rings. The molecule has 2 N–H and O–H groups in total. The van der Waals surface area contributed by atoms with Gasteiger partial charge in [-0.25, -0.2) is 4.39 Å². The Morgan fingerprint density at radius 2 is 1.75 bits per heavy atom. The molecule has 0 spiro atoms. The number of nitrogens with zero attached hydrogens (tertiary/aromatic N) is 1. The second-order valence-corrected chi connectivity index (χ2v) is 7.09. The van der Waals surface area contributed by atoms with E-state index in [1.807, 2.05) is 24.3 Å². The first kappa shape index (κ1) is 18.3. The van der Waals surface area contributed by atoms with Crippen molar-refractivity contribution >= 4 is 17.3 Å². The smallest absolute Gasteiger partial charge is 0.291 e. The van der Waals surface area contributed by atoms with E-state index < -0.39 is 0 Å². The fourth-order valence-electron chi connectivity index (χ4n) is 3.36. The Kier molecular flexibility index (Phi) is 5.12. The van der Waals surface area contributed by atoms with E-state index in [1.165, 1.54) is 6.07 Å². The van der Waals surface area contributed by atoms with Gasteiger partial charge in [0.2, 0.25) is 0 Å². The zero-order valence-electron chi connectivity index (χ0n) is 15.7. The molecule has 1 aliphatic heterocycles. The van der Waals surface area contributed by atoms with E-state index in [-0.39, 0.29) is 17.5 Å². The van der Waals surface area contributed by atoms with Gasteiger partial charge in [0, 0.05) is 11.4 Å². The summed E-state index contributed by atoms with van der Waals surface area (Å²) in [6.07, 6.45) is 0. The fraction of sp³-hybridized carbons (Fsp3) is 0.227. The van der Waals surface area contributed by atoms with Gasteiger partial charge in [-0.15, -0.1) is 0 Å². The van der Waals surface area contributed by atoms with Crippen LogP contribution in [0.4, 0.5) is 15.8 Å². The van der Waals surface area contributed by atoms with Crippen molar-refractivity contribution < 1.29 is 18.5 Å². The third kappa shape index (κ3) is 3.92. The Labute approximate surface area is 163 Å². The number of hydrogen-bond acceptors (Lipinski definition) is 3. The molecular weight excluding hydrogens is 357 g/mol. The number of amides is 1. The number of rotatable bonds is 4. The number of piperazine rings is 1. The monoisotopic (exact) mass is 380 g/mol. The van der Waals surface area contributed by atoms with Crippen molar-refractivity contribution in [1.82, 2.24) is 0 Å². The third-order valence-electron chi connectivity index (χ3n) is 5.08. The summed E-state index contributed by atoms with van der Waals surface area (Å²) >= 11 is 0. The van der Waals surface area contributed by atoms with Crippen LogP contribution in [0.25, 0.3) is 11.3 Å². The Balaban J connectivity index is 1.42. The normalized spacial score (nSPS) is 14.9.